The van der Waals surface area contributed by atoms with E-state index in [0.29, 0.717) is 24.8 Å². The molecule has 6 nitrogen and oxygen atoms in total. The van der Waals surface area contributed by atoms with E-state index in [1.165, 1.54) is 28.6 Å². The highest BCUT2D eigenvalue weighted by molar-refractivity contribution is 8.00. The summed E-state index contributed by atoms with van der Waals surface area (Å²) in [6.45, 7) is 3.44. The second kappa shape index (κ2) is 7.75. The third kappa shape index (κ3) is 3.82. The van der Waals surface area contributed by atoms with Crippen molar-refractivity contribution in [1.82, 2.24) is 14.9 Å². The van der Waals surface area contributed by atoms with Crippen LogP contribution in [0.1, 0.15) is 36.6 Å². The highest BCUT2D eigenvalue weighted by atomic mass is 32.2. The van der Waals surface area contributed by atoms with Gasteiger partial charge in [0.2, 0.25) is 11.8 Å². The Morgan fingerprint density at radius 1 is 1.37 bits per heavy atom. The van der Waals surface area contributed by atoms with Crippen molar-refractivity contribution >= 4 is 45.1 Å². The number of nitrogens with zero attached hydrogens (tertiary/aromatic N) is 3. The molecule has 1 aliphatic heterocycles. The van der Waals surface area contributed by atoms with Gasteiger partial charge < -0.3 is 10.6 Å². The molecule has 0 unspecified atom stereocenters. The number of piperidine rings is 1. The molecule has 2 aromatic heterocycles. The molecule has 1 fully saturated rings. The molecule has 2 aromatic rings. The van der Waals surface area contributed by atoms with Crippen LogP contribution in [0, 0.1) is 11.8 Å². The van der Waals surface area contributed by atoms with E-state index >= 15 is 0 Å². The van der Waals surface area contributed by atoms with Crippen molar-refractivity contribution in [3.63, 3.8) is 0 Å². The lowest BCUT2D eigenvalue weighted by molar-refractivity contribution is -0.132. The smallest absolute Gasteiger partial charge is 0.233 e. The van der Waals surface area contributed by atoms with Gasteiger partial charge in [-0.15, -0.1) is 11.3 Å². The molecular weight excluding hydrogens is 380 g/mol. The zero-order valence-corrected chi connectivity index (χ0v) is 17.1. The van der Waals surface area contributed by atoms with E-state index in [2.05, 4.69) is 16.9 Å². The number of hydrogen-bond acceptors (Lipinski definition) is 6. The molecule has 2 aliphatic rings. The molecule has 144 valence electrons. The molecule has 3 heterocycles. The molecule has 0 spiro atoms. The minimum Gasteiger partial charge on any atom is -0.369 e. The highest BCUT2D eigenvalue weighted by Gasteiger charge is 2.28. The van der Waals surface area contributed by atoms with Crippen LogP contribution < -0.4 is 5.73 Å². The summed E-state index contributed by atoms with van der Waals surface area (Å²) in [7, 11) is 0. The van der Waals surface area contributed by atoms with Crippen molar-refractivity contribution in [2.24, 2.45) is 17.6 Å². The van der Waals surface area contributed by atoms with E-state index in [9.17, 15) is 9.59 Å². The highest BCUT2D eigenvalue weighted by Crippen LogP contribution is 2.40. The van der Waals surface area contributed by atoms with E-state index < -0.39 is 0 Å². The van der Waals surface area contributed by atoms with Gasteiger partial charge >= 0.3 is 0 Å². The molecule has 8 heteroatoms. The van der Waals surface area contributed by atoms with Crippen LogP contribution in [0.25, 0.3) is 10.2 Å². The van der Waals surface area contributed by atoms with Gasteiger partial charge in [0.15, 0.2) is 0 Å². The van der Waals surface area contributed by atoms with Crippen LogP contribution in [0.3, 0.4) is 0 Å². The molecule has 2 atom stereocenters. The number of thiophene rings is 1. The maximum absolute atomic E-state index is 12.7. The van der Waals surface area contributed by atoms with Crippen molar-refractivity contribution in [3.8, 4) is 0 Å². The maximum Gasteiger partial charge on any atom is 0.233 e. The fourth-order valence-electron chi connectivity index (χ4n) is 4.01. The lowest BCUT2D eigenvalue weighted by atomic mass is 9.89. The first-order valence-corrected chi connectivity index (χ1v) is 11.3. The van der Waals surface area contributed by atoms with E-state index in [-0.39, 0.29) is 17.7 Å². The molecule has 2 amide bonds. The molecule has 0 bridgehead atoms. The number of amides is 2. The molecule has 0 aromatic carbocycles. The number of likely N-dealkylation sites (tertiary alicyclic amines) is 1. The van der Waals surface area contributed by atoms with Crippen LogP contribution in [0.15, 0.2) is 11.4 Å². The number of aryl methyl sites for hydroxylation is 1. The number of aromatic nitrogens is 2. The van der Waals surface area contributed by atoms with Gasteiger partial charge in [0.25, 0.3) is 0 Å². The maximum atomic E-state index is 12.7. The fraction of sp³-hybridized carbons (Fsp3) is 0.579. The van der Waals surface area contributed by atoms with Crippen molar-refractivity contribution < 1.29 is 9.59 Å². The summed E-state index contributed by atoms with van der Waals surface area (Å²) in [4.78, 5) is 37.3. The summed E-state index contributed by atoms with van der Waals surface area (Å²) in [6.07, 6.45) is 6.58. The van der Waals surface area contributed by atoms with Crippen LogP contribution in [0.4, 0.5) is 0 Å². The lowest BCUT2D eigenvalue weighted by Gasteiger charge is -2.31. The number of fused-ring (bicyclic) bond motifs is 3. The number of carbonyl (C=O) groups excluding carboxylic acids is 2. The van der Waals surface area contributed by atoms with Gasteiger partial charge in [-0.3, -0.25) is 9.59 Å². The van der Waals surface area contributed by atoms with Gasteiger partial charge in [-0.05, 0) is 43.6 Å². The molecule has 27 heavy (non-hydrogen) atoms. The third-order valence-corrected chi connectivity index (χ3v) is 7.70. The topological polar surface area (TPSA) is 89.2 Å². The quantitative estimate of drug-likeness (QED) is 0.625. The first-order chi connectivity index (χ1) is 13.0. The zero-order chi connectivity index (χ0) is 19.0. The standard InChI is InChI=1S/C19H24N4O2S2/c1-11-4-5-13-14(7-11)27-19-16(13)18(21-10-22-19)26-9-15(24)23-6-2-3-12(8-23)17(20)25/h10-12H,2-9H2,1H3,(H2,20,25)/t11-,12+/m0/s1. The number of carbonyl (C=O) groups is 2. The largest absolute Gasteiger partial charge is 0.369 e. The number of rotatable bonds is 4. The molecule has 4 rings (SSSR count). The van der Waals surface area contributed by atoms with E-state index in [4.69, 9.17) is 5.73 Å². The predicted octanol–water partition coefficient (Wildman–Crippen LogP) is 2.63. The predicted molar refractivity (Wildman–Crippen MR) is 108 cm³/mol. The van der Waals surface area contributed by atoms with Crippen molar-refractivity contribution in [3.05, 3.63) is 16.8 Å². The first-order valence-electron chi connectivity index (χ1n) is 9.48. The van der Waals surface area contributed by atoms with Crippen LogP contribution in [-0.2, 0) is 22.4 Å². The van der Waals surface area contributed by atoms with Crippen molar-refractivity contribution in [2.75, 3.05) is 18.8 Å². The van der Waals surface area contributed by atoms with E-state index in [1.807, 2.05) is 0 Å². The van der Waals surface area contributed by atoms with Crippen molar-refractivity contribution in [1.29, 1.82) is 0 Å². The number of hydrogen-bond donors (Lipinski definition) is 1. The summed E-state index contributed by atoms with van der Waals surface area (Å²) in [6, 6.07) is 0. The minimum atomic E-state index is -0.309. The second-order valence-corrected chi connectivity index (χ2v) is 9.63. The third-order valence-electron chi connectivity index (χ3n) is 5.57. The Bertz CT molecular complexity index is 882. The number of thioether (sulfide) groups is 1. The van der Waals surface area contributed by atoms with Gasteiger partial charge in [-0.1, -0.05) is 18.7 Å². The van der Waals surface area contributed by atoms with Crippen molar-refractivity contribution in [2.45, 2.75) is 44.1 Å². The normalized spacial score (nSPS) is 22.6. The summed E-state index contributed by atoms with van der Waals surface area (Å²) < 4.78 is 0. The van der Waals surface area contributed by atoms with E-state index in [0.717, 1.165) is 40.9 Å². The van der Waals surface area contributed by atoms with Crippen LogP contribution in [-0.4, -0.2) is 45.5 Å². The first kappa shape index (κ1) is 18.7. The Hall–Kier alpha value is -1.67. The lowest BCUT2D eigenvalue weighted by Crippen LogP contribution is -2.44. The fourth-order valence-corrected chi connectivity index (χ4v) is 6.36. The molecular formula is C19H24N4O2S2. The van der Waals surface area contributed by atoms with Gasteiger partial charge in [-0.25, -0.2) is 9.97 Å². The van der Waals surface area contributed by atoms with Gasteiger partial charge in [0.1, 0.15) is 16.2 Å². The second-order valence-electron chi connectivity index (χ2n) is 7.58. The monoisotopic (exact) mass is 404 g/mol. The van der Waals surface area contributed by atoms with Crippen LogP contribution in [0.5, 0.6) is 0 Å². The molecule has 1 aliphatic carbocycles. The van der Waals surface area contributed by atoms with Gasteiger partial charge in [-0.2, -0.15) is 0 Å². The Labute approximate surface area is 166 Å². The number of nitrogens with two attached hydrogens (primary N) is 1. The van der Waals surface area contributed by atoms with Gasteiger partial charge in [0, 0.05) is 23.4 Å². The zero-order valence-electron chi connectivity index (χ0n) is 15.4. The minimum absolute atomic E-state index is 0.0513. The van der Waals surface area contributed by atoms with Crippen LogP contribution >= 0.6 is 23.1 Å². The average Bonchev–Trinajstić information content (AvgIpc) is 3.04. The molecule has 0 radical (unpaired) electrons. The Balaban J connectivity index is 1.49. The average molecular weight is 405 g/mol. The van der Waals surface area contributed by atoms with E-state index in [1.54, 1.807) is 22.6 Å². The summed E-state index contributed by atoms with van der Waals surface area (Å²) >= 11 is 3.26. The molecule has 2 N–H and O–H groups in total. The van der Waals surface area contributed by atoms with Gasteiger partial charge in [0.05, 0.1) is 11.7 Å². The Morgan fingerprint density at radius 2 is 2.22 bits per heavy atom. The summed E-state index contributed by atoms with van der Waals surface area (Å²) in [5.74, 6) is 0.573. The number of primary amides is 1. The van der Waals surface area contributed by atoms with Crippen LogP contribution in [0.2, 0.25) is 0 Å². The summed E-state index contributed by atoms with van der Waals surface area (Å²) in [5.41, 5.74) is 6.81. The summed E-state index contributed by atoms with van der Waals surface area (Å²) in [5, 5.41) is 2.06. The Kier molecular flexibility index (Phi) is 5.36. The molecule has 0 saturated carbocycles. The Morgan fingerprint density at radius 3 is 3.04 bits per heavy atom. The SMILES string of the molecule is C[C@H]1CCc2c(sc3ncnc(SCC(=O)N4CCC[C@@H](C(N)=O)C4)c23)C1. The molecule has 1 saturated heterocycles.